The third kappa shape index (κ3) is 6.57. The molecular formula is C24H34N2O5. The largest absolute Gasteiger partial charge is 0.489 e. The standard InChI is InChI=1S/C24H34N2O5/c1-4-7-9-11-15-25-21-18-19(26(28)29)13-14-20(21)22(31-17-12-10-8-5-2)23(24(25)27)30-16-6-3/h6,13-14,18H,3-5,7-12,15-17H2,1-2H3. The SMILES string of the molecule is C=CCOc1c(OCCCCCC)c2ccc([N+](=O)[O-])cc2n(CCCCCC)c1=O. The molecule has 31 heavy (non-hydrogen) atoms. The van der Waals surface area contributed by atoms with Crippen LogP contribution in [-0.2, 0) is 6.54 Å². The van der Waals surface area contributed by atoms with Crippen LogP contribution < -0.4 is 15.0 Å². The van der Waals surface area contributed by atoms with Gasteiger partial charge < -0.3 is 14.0 Å². The monoisotopic (exact) mass is 430 g/mol. The molecule has 170 valence electrons. The summed E-state index contributed by atoms with van der Waals surface area (Å²) >= 11 is 0. The van der Waals surface area contributed by atoms with Crippen LogP contribution in [0, 0.1) is 10.1 Å². The first-order valence-corrected chi connectivity index (χ1v) is 11.3. The summed E-state index contributed by atoms with van der Waals surface area (Å²) in [5.74, 6) is 0.505. The second-order valence-electron chi connectivity index (χ2n) is 7.64. The summed E-state index contributed by atoms with van der Waals surface area (Å²) in [5.41, 5.74) is 0.128. The Morgan fingerprint density at radius 3 is 2.39 bits per heavy atom. The summed E-state index contributed by atoms with van der Waals surface area (Å²) in [7, 11) is 0. The van der Waals surface area contributed by atoms with E-state index in [-0.39, 0.29) is 23.6 Å². The van der Waals surface area contributed by atoms with Gasteiger partial charge in [-0.1, -0.05) is 65.0 Å². The third-order valence-corrected chi connectivity index (χ3v) is 5.20. The van der Waals surface area contributed by atoms with Crippen LogP contribution in [0.2, 0.25) is 0 Å². The number of rotatable bonds is 15. The number of pyridine rings is 1. The number of nitro benzene ring substituents is 1. The van der Waals surface area contributed by atoms with Gasteiger partial charge >= 0.3 is 0 Å². The van der Waals surface area contributed by atoms with Gasteiger partial charge in [-0.2, -0.15) is 0 Å². The van der Waals surface area contributed by atoms with Crippen molar-refractivity contribution in [3.05, 3.63) is 51.3 Å². The average Bonchev–Trinajstić information content (AvgIpc) is 2.77. The Balaban J connectivity index is 2.55. The summed E-state index contributed by atoms with van der Waals surface area (Å²) < 4.78 is 13.4. The fourth-order valence-electron chi connectivity index (χ4n) is 3.53. The highest BCUT2D eigenvalue weighted by Gasteiger charge is 2.21. The molecule has 0 spiro atoms. The lowest BCUT2D eigenvalue weighted by Crippen LogP contribution is -2.24. The molecule has 1 heterocycles. The molecule has 2 rings (SSSR count). The van der Waals surface area contributed by atoms with Crippen molar-refractivity contribution in [3.63, 3.8) is 0 Å². The van der Waals surface area contributed by atoms with Crippen LogP contribution in [0.5, 0.6) is 11.5 Å². The lowest BCUT2D eigenvalue weighted by molar-refractivity contribution is -0.384. The summed E-state index contributed by atoms with van der Waals surface area (Å²) in [6, 6.07) is 4.55. The number of aryl methyl sites for hydroxylation is 1. The molecule has 7 nitrogen and oxygen atoms in total. The van der Waals surface area contributed by atoms with Crippen LogP contribution in [0.25, 0.3) is 10.9 Å². The maximum Gasteiger partial charge on any atom is 0.297 e. The average molecular weight is 431 g/mol. The highest BCUT2D eigenvalue weighted by atomic mass is 16.6. The molecule has 0 saturated carbocycles. The van der Waals surface area contributed by atoms with E-state index in [1.54, 1.807) is 16.7 Å². The van der Waals surface area contributed by atoms with Gasteiger partial charge in [0.25, 0.3) is 11.2 Å². The van der Waals surface area contributed by atoms with Crippen molar-refractivity contribution in [2.75, 3.05) is 13.2 Å². The summed E-state index contributed by atoms with van der Waals surface area (Å²) in [4.78, 5) is 24.3. The molecule has 0 aliphatic carbocycles. The van der Waals surface area contributed by atoms with Gasteiger partial charge in [-0.25, -0.2) is 0 Å². The zero-order valence-electron chi connectivity index (χ0n) is 18.7. The normalized spacial score (nSPS) is 10.9. The minimum atomic E-state index is -0.446. The minimum Gasteiger partial charge on any atom is -0.489 e. The molecule has 0 bridgehead atoms. The topological polar surface area (TPSA) is 83.6 Å². The number of hydrogen-bond acceptors (Lipinski definition) is 5. The van der Waals surface area contributed by atoms with Gasteiger partial charge in [0.1, 0.15) is 6.61 Å². The molecule has 0 atom stereocenters. The quantitative estimate of drug-likeness (QED) is 0.149. The van der Waals surface area contributed by atoms with Crippen LogP contribution in [0.4, 0.5) is 5.69 Å². The van der Waals surface area contributed by atoms with Crippen molar-refractivity contribution in [3.8, 4) is 11.5 Å². The van der Waals surface area contributed by atoms with Crippen molar-refractivity contribution in [1.82, 2.24) is 4.57 Å². The Bertz CT molecular complexity index is 936. The first-order valence-electron chi connectivity index (χ1n) is 11.3. The Morgan fingerprint density at radius 1 is 1.03 bits per heavy atom. The predicted octanol–water partition coefficient (Wildman–Crippen LogP) is 6.01. The highest BCUT2D eigenvalue weighted by molar-refractivity contribution is 5.89. The number of fused-ring (bicyclic) bond motifs is 1. The van der Waals surface area contributed by atoms with E-state index < -0.39 is 4.92 Å². The number of non-ortho nitro benzene ring substituents is 1. The van der Waals surface area contributed by atoms with Gasteiger partial charge in [0.15, 0.2) is 5.75 Å². The lowest BCUT2D eigenvalue weighted by atomic mass is 10.1. The summed E-state index contributed by atoms with van der Waals surface area (Å²) in [6.07, 6.45) is 9.67. The second-order valence-corrected chi connectivity index (χ2v) is 7.64. The number of nitrogens with zero attached hydrogens (tertiary/aromatic N) is 2. The molecule has 1 aromatic carbocycles. The zero-order chi connectivity index (χ0) is 22.6. The lowest BCUT2D eigenvalue weighted by Gasteiger charge is -2.18. The molecule has 1 aromatic heterocycles. The minimum absolute atomic E-state index is 0.0529. The van der Waals surface area contributed by atoms with Crippen LogP contribution in [0.1, 0.15) is 65.2 Å². The molecule has 0 fully saturated rings. The second kappa shape index (κ2) is 12.8. The number of ether oxygens (including phenoxy) is 2. The van der Waals surface area contributed by atoms with Gasteiger partial charge in [0.05, 0.1) is 17.0 Å². The fourth-order valence-corrected chi connectivity index (χ4v) is 3.53. The smallest absolute Gasteiger partial charge is 0.297 e. The molecular weight excluding hydrogens is 396 g/mol. The van der Waals surface area contributed by atoms with Gasteiger partial charge in [0.2, 0.25) is 5.75 Å². The van der Waals surface area contributed by atoms with Crippen LogP contribution in [0.15, 0.2) is 35.6 Å². The van der Waals surface area contributed by atoms with Crippen molar-refractivity contribution in [2.24, 2.45) is 0 Å². The zero-order valence-corrected chi connectivity index (χ0v) is 18.7. The molecule has 7 heteroatoms. The first kappa shape index (κ1) is 24.4. The molecule has 0 aliphatic rings. The van der Waals surface area contributed by atoms with Crippen LogP contribution >= 0.6 is 0 Å². The highest BCUT2D eigenvalue weighted by Crippen LogP contribution is 2.35. The number of nitro groups is 1. The Labute approximate surface area is 183 Å². The van der Waals surface area contributed by atoms with E-state index in [9.17, 15) is 14.9 Å². The maximum atomic E-state index is 13.3. The maximum absolute atomic E-state index is 13.3. The van der Waals surface area contributed by atoms with E-state index in [0.29, 0.717) is 29.8 Å². The molecule has 0 saturated heterocycles. The first-order chi connectivity index (χ1) is 15.0. The predicted molar refractivity (Wildman–Crippen MR) is 124 cm³/mol. The van der Waals surface area contributed by atoms with Crippen molar-refractivity contribution in [2.45, 2.75) is 71.8 Å². The number of hydrogen-bond donors (Lipinski definition) is 0. The molecule has 0 amide bonds. The van der Waals surface area contributed by atoms with Crippen molar-refractivity contribution < 1.29 is 14.4 Å². The van der Waals surface area contributed by atoms with E-state index >= 15 is 0 Å². The van der Waals surface area contributed by atoms with Crippen LogP contribution in [-0.4, -0.2) is 22.7 Å². The van der Waals surface area contributed by atoms with Crippen molar-refractivity contribution >= 4 is 16.6 Å². The van der Waals surface area contributed by atoms with Gasteiger partial charge in [-0.3, -0.25) is 14.9 Å². The molecule has 2 aromatic rings. The third-order valence-electron chi connectivity index (χ3n) is 5.20. The Morgan fingerprint density at radius 2 is 1.74 bits per heavy atom. The van der Waals surface area contributed by atoms with E-state index in [2.05, 4.69) is 20.4 Å². The molecule has 0 aliphatic heterocycles. The fraction of sp³-hybridized carbons (Fsp3) is 0.542. The number of aromatic nitrogens is 1. The van der Waals surface area contributed by atoms with E-state index in [4.69, 9.17) is 9.47 Å². The van der Waals surface area contributed by atoms with Crippen molar-refractivity contribution in [1.29, 1.82) is 0 Å². The molecule has 0 unspecified atom stereocenters. The summed E-state index contributed by atoms with van der Waals surface area (Å²) in [6.45, 7) is 9.03. The van der Waals surface area contributed by atoms with E-state index in [1.807, 2.05) is 0 Å². The van der Waals surface area contributed by atoms with Gasteiger partial charge in [0, 0.05) is 24.1 Å². The summed E-state index contributed by atoms with van der Waals surface area (Å²) in [5, 5.41) is 12.0. The van der Waals surface area contributed by atoms with E-state index in [0.717, 1.165) is 51.4 Å². The van der Waals surface area contributed by atoms with Crippen LogP contribution in [0.3, 0.4) is 0 Å². The molecule has 0 N–H and O–H groups in total. The Kier molecular flexibility index (Phi) is 10.1. The number of unbranched alkanes of at least 4 members (excludes halogenated alkanes) is 6. The van der Waals surface area contributed by atoms with Gasteiger partial charge in [-0.05, 0) is 18.9 Å². The number of benzene rings is 1. The molecule has 0 radical (unpaired) electrons. The van der Waals surface area contributed by atoms with E-state index in [1.165, 1.54) is 12.1 Å². The Hall–Kier alpha value is -2.83. The van der Waals surface area contributed by atoms with Gasteiger partial charge in [-0.15, -0.1) is 0 Å².